The van der Waals surface area contributed by atoms with Gasteiger partial charge in [-0.1, -0.05) is 20.3 Å². The van der Waals surface area contributed by atoms with Crippen LogP contribution in [0.25, 0.3) is 0 Å². The summed E-state index contributed by atoms with van der Waals surface area (Å²) >= 11 is 1.43. The molecule has 1 aromatic rings. The number of nitrogens with two attached hydrogens (primary N) is 1. The number of amides is 1. The average molecular weight is 254 g/mol. The van der Waals surface area contributed by atoms with Gasteiger partial charge in [0.1, 0.15) is 4.88 Å². The summed E-state index contributed by atoms with van der Waals surface area (Å²) in [6, 6.07) is 2.07. The fourth-order valence-corrected chi connectivity index (χ4v) is 2.47. The average Bonchev–Trinajstić information content (AvgIpc) is 2.75. The minimum Gasteiger partial charge on any atom is -0.397 e. The Hall–Kier alpha value is -1.03. The first kappa shape index (κ1) is 14.0. The Labute approximate surface area is 108 Å². The summed E-state index contributed by atoms with van der Waals surface area (Å²) in [5, 5.41) is 1.87. The van der Waals surface area contributed by atoms with Crippen molar-refractivity contribution in [1.82, 2.24) is 4.90 Å². The molecule has 1 atom stereocenters. The molecule has 1 heterocycles. The molecule has 0 aliphatic rings. The smallest absolute Gasteiger partial charge is 0.266 e. The SMILES string of the molecule is CCCCN(C(=O)c1sccc1N)C(C)CC. The first-order valence-electron chi connectivity index (χ1n) is 6.25. The summed E-state index contributed by atoms with van der Waals surface area (Å²) in [6.45, 7) is 7.16. The van der Waals surface area contributed by atoms with E-state index in [9.17, 15) is 4.79 Å². The second-order valence-corrected chi connectivity index (χ2v) is 5.23. The summed E-state index contributed by atoms with van der Waals surface area (Å²) in [4.78, 5) is 15.0. The van der Waals surface area contributed by atoms with Gasteiger partial charge in [0.2, 0.25) is 0 Å². The van der Waals surface area contributed by atoms with Gasteiger partial charge in [-0.05, 0) is 31.2 Å². The van der Waals surface area contributed by atoms with E-state index in [2.05, 4.69) is 20.8 Å². The topological polar surface area (TPSA) is 46.3 Å². The molecule has 0 saturated heterocycles. The molecule has 0 radical (unpaired) electrons. The van der Waals surface area contributed by atoms with Crippen LogP contribution in [0.3, 0.4) is 0 Å². The molecule has 1 rings (SSSR count). The molecular formula is C13H22N2OS. The molecule has 0 fully saturated rings. The minimum atomic E-state index is 0.0836. The molecule has 3 nitrogen and oxygen atoms in total. The zero-order valence-corrected chi connectivity index (χ0v) is 11.7. The standard InChI is InChI=1S/C13H22N2OS/c1-4-6-8-15(10(3)5-2)13(16)12-11(14)7-9-17-12/h7,9-10H,4-6,8,14H2,1-3H3. The lowest BCUT2D eigenvalue weighted by molar-refractivity contribution is 0.0691. The molecule has 2 N–H and O–H groups in total. The van der Waals surface area contributed by atoms with Crippen LogP contribution in [0.15, 0.2) is 11.4 Å². The number of rotatable bonds is 6. The third kappa shape index (κ3) is 3.46. The molecule has 96 valence electrons. The van der Waals surface area contributed by atoms with E-state index < -0.39 is 0 Å². The molecule has 0 spiro atoms. The molecule has 0 saturated carbocycles. The molecular weight excluding hydrogens is 232 g/mol. The number of thiophene rings is 1. The quantitative estimate of drug-likeness (QED) is 0.846. The van der Waals surface area contributed by atoms with E-state index in [1.165, 1.54) is 11.3 Å². The molecule has 0 aromatic carbocycles. The van der Waals surface area contributed by atoms with E-state index in [-0.39, 0.29) is 11.9 Å². The zero-order valence-electron chi connectivity index (χ0n) is 10.9. The number of hydrogen-bond donors (Lipinski definition) is 1. The Bertz CT molecular complexity index is 362. The van der Waals surface area contributed by atoms with Crippen molar-refractivity contribution in [2.45, 2.75) is 46.1 Å². The van der Waals surface area contributed by atoms with Crippen LogP contribution < -0.4 is 5.73 Å². The van der Waals surface area contributed by atoms with Crippen molar-refractivity contribution in [3.8, 4) is 0 Å². The monoisotopic (exact) mass is 254 g/mol. The number of anilines is 1. The highest BCUT2D eigenvalue weighted by atomic mass is 32.1. The van der Waals surface area contributed by atoms with Crippen LogP contribution in [-0.2, 0) is 0 Å². The summed E-state index contributed by atoms with van der Waals surface area (Å²) in [6.07, 6.45) is 3.11. The number of carbonyl (C=O) groups excluding carboxylic acids is 1. The van der Waals surface area contributed by atoms with Gasteiger partial charge in [0, 0.05) is 12.6 Å². The van der Waals surface area contributed by atoms with Gasteiger partial charge in [-0.15, -0.1) is 11.3 Å². The number of nitrogen functional groups attached to an aromatic ring is 1. The fourth-order valence-electron chi connectivity index (χ4n) is 1.69. The summed E-state index contributed by atoms with van der Waals surface area (Å²) in [5.41, 5.74) is 6.41. The Kier molecular flexibility index (Phi) is 5.48. The molecule has 17 heavy (non-hydrogen) atoms. The Balaban J connectivity index is 2.82. The van der Waals surface area contributed by atoms with Crippen LogP contribution in [-0.4, -0.2) is 23.4 Å². The van der Waals surface area contributed by atoms with Crippen molar-refractivity contribution < 1.29 is 4.79 Å². The third-order valence-electron chi connectivity index (χ3n) is 3.03. The summed E-state index contributed by atoms with van der Waals surface area (Å²) < 4.78 is 0. The van der Waals surface area contributed by atoms with Crippen LogP contribution in [0.2, 0.25) is 0 Å². The van der Waals surface area contributed by atoms with Gasteiger partial charge >= 0.3 is 0 Å². The maximum atomic E-state index is 12.4. The molecule has 4 heteroatoms. The van der Waals surface area contributed by atoms with Crippen LogP contribution in [0, 0.1) is 0 Å². The van der Waals surface area contributed by atoms with Crippen molar-refractivity contribution >= 4 is 22.9 Å². The van der Waals surface area contributed by atoms with Gasteiger partial charge < -0.3 is 10.6 Å². The van der Waals surface area contributed by atoms with Gasteiger partial charge in [-0.2, -0.15) is 0 Å². The van der Waals surface area contributed by atoms with E-state index in [4.69, 9.17) is 5.73 Å². The highest BCUT2D eigenvalue weighted by Gasteiger charge is 2.22. The normalized spacial score (nSPS) is 12.4. The van der Waals surface area contributed by atoms with Crippen molar-refractivity contribution in [3.63, 3.8) is 0 Å². The largest absolute Gasteiger partial charge is 0.397 e. The maximum absolute atomic E-state index is 12.4. The maximum Gasteiger partial charge on any atom is 0.266 e. The van der Waals surface area contributed by atoms with E-state index >= 15 is 0 Å². The van der Waals surface area contributed by atoms with E-state index in [0.717, 1.165) is 25.8 Å². The van der Waals surface area contributed by atoms with E-state index in [0.29, 0.717) is 10.6 Å². The van der Waals surface area contributed by atoms with Crippen LogP contribution >= 0.6 is 11.3 Å². The first-order valence-corrected chi connectivity index (χ1v) is 7.13. The van der Waals surface area contributed by atoms with Crippen LogP contribution in [0.4, 0.5) is 5.69 Å². The van der Waals surface area contributed by atoms with Crippen molar-refractivity contribution in [2.75, 3.05) is 12.3 Å². The number of nitrogens with zero attached hydrogens (tertiary/aromatic N) is 1. The minimum absolute atomic E-state index is 0.0836. The molecule has 1 aromatic heterocycles. The number of carbonyl (C=O) groups is 1. The lowest BCUT2D eigenvalue weighted by Crippen LogP contribution is -2.38. The third-order valence-corrected chi connectivity index (χ3v) is 3.94. The molecule has 0 bridgehead atoms. The molecule has 1 amide bonds. The van der Waals surface area contributed by atoms with Crippen LogP contribution in [0.5, 0.6) is 0 Å². The summed E-state index contributed by atoms with van der Waals surface area (Å²) in [5.74, 6) is 0.0836. The highest BCUT2D eigenvalue weighted by Crippen LogP contribution is 2.22. The predicted octanol–water partition coefficient (Wildman–Crippen LogP) is 3.37. The van der Waals surface area contributed by atoms with Gasteiger partial charge in [-0.25, -0.2) is 0 Å². The lowest BCUT2D eigenvalue weighted by atomic mass is 10.2. The van der Waals surface area contributed by atoms with Gasteiger partial charge in [-0.3, -0.25) is 4.79 Å². The van der Waals surface area contributed by atoms with Gasteiger partial charge in [0.05, 0.1) is 5.69 Å². The number of hydrogen-bond acceptors (Lipinski definition) is 3. The van der Waals surface area contributed by atoms with Crippen molar-refractivity contribution in [2.24, 2.45) is 0 Å². The Morgan fingerprint density at radius 2 is 2.24 bits per heavy atom. The lowest BCUT2D eigenvalue weighted by Gasteiger charge is -2.28. The Morgan fingerprint density at radius 1 is 1.53 bits per heavy atom. The highest BCUT2D eigenvalue weighted by molar-refractivity contribution is 7.12. The molecule has 0 aliphatic heterocycles. The number of unbranched alkanes of at least 4 members (excludes halogenated alkanes) is 1. The van der Waals surface area contributed by atoms with Crippen LogP contribution in [0.1, 0.15) is 49.7 Å². The van der Waals surface area contributed by atoms with Crippen molar-refractivity contribution in [3.05, 3.63) is 16.3 Å². The zero-order chi connectivity index (χ0) is 12.8. The summed E-state index contributed by atoms with van der Waals surface area (Å²) in [7, 11) is 0. The fraction of sp³-hybridized carbons (Fsp3) is 0.615. The Morgan fingerprint density at radius 3 is 2.71 bits per heavy atom. The molecule has 1 unspecified atom stereocenters. The molecule has 0 aliphatic carbocycles. The van der Waals surface area contributed by atoms with Gasteiger partial charge in [0.15, 0.2) is 0 Å². The van der Waals surface area contributed by atoms with E-state index in [1.807, 2.05) is 10.3 Å². The van der Waals surface area contributed by atoms with Gasteiger partial charge in [0.25, 0.3) is 5.91 Å². The van der Waals surface area contributed by atoms with Crippen molar-refractivity contribution in [1.29, 1.82) is 0 Å². The second-order valence-electron chi connectivity index (χ2n) is 4.31. The first-order chi connectivity index (χ1) is 8.11. The van der Waals surface area contributed by atoms with E-state index in [1.54, 1.807) is 6.07 Å². The second kappa shape index (κ2) is 6.64. The predicted molar refractivity (Wildman–Crippen MR) is 74.4 cm³/mol.